The first kappa shape index (κ1) is 14.5. The maximum absolute atomic E-state index is 11.7. The number of ether oxygens (including phenoxy) is 1. The topological polar surface area (TPSA) is 26.3 Å². The quantitative estimate of drug-likeness (QED) is 0.596. The van der Waals surface area contributed by atoms with Gasteiger partial charge in [0.05, 0.1) is 5.92 Å². The predicted molar refractivity (Wildman–Crippen MR) is 74.7 cm³/mol. The molecule has 0 fully saturated rings. The van der Waals surface area contributed by atoms with Crippen molar-refractivity contribution in [2.24, 2.45) is 0 Å². The fraction of sp³-hybridized carbons (Fsp3) is 0.438. The molecule has 0 N–H and O–H groups in total. The molecule has 0 aliphatic heterocycles. The smallest absolute Gasteiger partial charge is 0.313 e. The fourth-order valence-corrected chi connectivity index (χ4v) is 1.67. The van der Waals surface area contributed by atoms with Gasteiger partial charge in [-0.2, -0.15) is 0 Å². The largest absolute Gasteiger partial charge is 0.461 e. The Kier molecular flexibility index (Phi) is 4.71. The molecule has 0 spiro atoms. The van der Waals surface area contributed by atoms with E-state index in [-0.39, 0.29) is 23.9 Å². The number of hydrogen-bond donors (Lipinski definition) is 0. The lowest BCUT2D eigenvalue weighted by atomic mass is 9.86. The zero-order valence-corrected chi connectivity index (χ0v) is 11.7. The first-order chi connectivity index (χ1) is 8.36. The lowest BCUT2D eigenvalue weighted by molar-refractivity contribution is -0.143. The van der Waals surface area contributed by atoms with Crippen molar-refractivity contribution in [3.05, 3.63) is 48.0 Å². The molecule has 1 unspecified atom stereocenters. The van der Waals surface area contributed by atoms with Crippen LogP contribution in [0.25, 0.3) is 0 Å². The summed E-state index contributed by atoms with van der Waals surface area (Å²) in [6.07, 6.45) is 1.58. The van der Waals surface area contributed by atoms with Gasteiger partial charge >= 0.3 is 5.97 Å². The minimum Gasteiger partial charge on any atom is -0.461 e. The summed E-state index contributed by atoms with van der Waals surface area (Å²) >= 11 is 0. The lowest BCUT2D eigenvalue weighted by Gasteiger charge is -2.20. The maximum atomic E-state index is 11.7. The van der Waals surface area contributed by atoms with Gasteiger partial charge in [-0.15, -0.1) is 0 Å². The number of carbonyl (C=O) groups excluding carboxylic acids is 1. The molecule has 0 bridgehead atoms. The maximum Gasteiger partial charge on any atom is 0.313 e. The second-order valence-corrected chi connectivity index (χ2v) is 5.51. The van der Waals surface area contributed by atoms with Gasteiger partial charge in [-0.05, 0) is 23.5 Å². The van der Waals surface area contributed by atoms with E-state index in [1.54, 1.807) is 6.08 Å². The highest BCUT2D eigenvalue weighted by molar-refractivity contribution is 5.77. The molecular weight excluding hydrogens is 224 g/mol. The van der Waals surface area contributed by atoms with Crippen LogP contribution in [0.5, 0.6) is 0 Å². The third-order valence-electron chi connectivity index (χ3n) is 2.97. The molecular formula is C16H22O2. The molecule has 1 atom stereocenters. The van der Waals surface area contributed by atoms with Crippen molar-refractivity contribution < 1.29 is 9.53 Å². The number of carbonyl (C=O) groups is 1. The molecule has 0 saturated carbocycles. The van der Waals surface area contributed by atoms with E-state index in [1.165, 1.54) is 5.56 Å². The van der Waals surface area contributed by atoms with E-state index in [1.807, 2.05) is 19.1 Å². The van der Waals surface area contributed by atoms with Crippen LogP contribution in [0.1, 0.15) is 44.7 Å². The van der Waals surface area contributed by atoms with E-state index < -0.39 is 0 Å². The SMILES string of the molecule is C=CCOC(=O)C(C)c1ccc(C(C)(C)C)cc1. The molecule has 0 aliphatic rings. The van der Waals surface area contributed by atoms with Crippen molar-refractivity contribution in [3.63, 3.8) is 0 Å². The van der Waals surface area contributed by atoms with E-state index in [9.17, 15) is 4.79 Å². The molecule has 18 heavy (non-hydrogen) atoms. The lowest BCUT2D eigenvalue weighted by Crippen LogP contribution is -2.14. The molecule has 0 radical (unpaired) electrons. The zero-order valence-electron chi connectivity index (χ0n) is 11.7. The summed E-state index contributed by atoms with van der Waals surface area (Å²) in [5, 5.41) is 0. The molecule has 1 aromatic rings. The van der Waals surface area contributed by atoms with Crippen molar-refractivity contribution in [2.75, 3.05) is 6.61 Å². The van der Waals surface area contributed by atoms with Crippen molar-refractivity contribution in [3.8, 4) is 0 Å². The minimum absolute atomic E-state index is 0.130. The summed E-state index contributed by atoms with van der Waals surface area (Å²) < 4.78 is 5.05. The summed E-state index contributed by atoms with van der Waals surface area (Å²) in [5.74, 6) is -0.447. The molecule has 0 amide bonds. The monoisotopic (exact) mass is 246 g/mol. The Hall–Kier alpha value is -1.57. The summed E-state index contributed by atoms with van der Waals surface area (Å²) in [7, 11) is 0. The number of hydrogen-bond acceptors (Lipinski definition) is 2. The average Bonchev–Trinajstić information content (AvgIpc) is 2.34. The van der Waals surface area contributed by atoms with E-state index in [0.717, 1.165) is 5.56 Å². The van der Waals surface area contributed by atoms with Crippen LogP contribution in [0.4, 0.5) is 0 Å². The molecule has 2 heteroatoms. The van der Waals surface area contributed by atoms with Crippen molar-refractivity contribution >= 4 is 5.97 Å². The van der Waals surface area contributed by atoms with Crippen LogP contribution < -0.4 is 0 Å². The molecule has 0 heterocycles. The fourth-order valence-electron chi connectivity index (χ4n) is 1.67. The standard InChI is InChI=1S/C16H22O2/c1-6-11-18-15(17)12(2)13-7-9-14(10-8-13)16(3,4)5/h6-10,12H,1,11H2,2-5H3. The Morgan fingerprint density at radius 1 is 1.33 bits per heavy atom. The number of esters is 1. The van der Waals surface area contributed by atoms with Crippen molar-refractivity contribution in [2.45, 2.75) is 39.0 Å². The van der Waals surface area contributed by atoms with Gasteiger partial charge in [0, 0.05) is 0 Å². The Balaban J connectivity index is 2.79. The first-order valence-electron chi connectivity index (χ1n) is 6.24. The summed E-state index contributed by atoms with van der Waals surface area (Å²) in [4.78, 5) is 11.7. The van der Waals surface area contributed by atoms with Gasteiger partial charge in [0.2, 0.25) is 0 Å². The van der Waals surface area contributed by atoms with Crippen molar-refractivity contribution in [1.29, 1.82) is 0 Å². The number of rotatable bonds is 4. The Labute approximate surface area is 110 Å². The molecule has 0 aliphatic carbocycles. The second kappa shape index (κ2) is 5.85. The van der Waals surface area contributed by atoms with Crippen LogP contribution in [0.15, 0.2) is 36.9 Å². The highest BCUT2D eigenvalue weighted by Gasteiger charge is 2.18. The van der Waals surface area contributed by atoms with E-state index in [0.29, 0.717) is 0 Å². The van der Waals surface area contributed by atoms with Crippen LogP contribution in [0.2, 0.25) is 0 Å². The van der Waals surface area contributed by atoms with Gasteiger partial charge in [0.15, 0.2) is 0 Å². The second-order valence-electron chi connectivity index (χ2n) is 5.51. The van der Waals surface area contributed by atoms with Gasteiger partial charge in [0.1, 0.15) is 6.61 Å². The molecule has 0 saturated heterocycles. The average molecular weight is 246 g/mol. The summed E-state index contributed by atoms with van der Waals surface area (Å²) in [6, 6.07) is 8.15. The Morgan fingerprint density at radius 2 is 1.89 bits per heavy atom. The van der Waals surface area contributed by atoms with Crippen LogP contribution in [-0.4, -0.2) is 12.6 Å². The molecule has 0 aromatic heterocycles. The van der Waals surface area contributed by atoms with E-state index in [4.69, 9.17) is 4.74 Å². The van der Waals surface area contributed by atoms with Gasteiger partial charge in [-0.1, -0.05) is 57.7 Å². The third-order valence-corrected chi connectivity index (χ3v) is 2.97. The van der Waals surface area contributed by atoms with Crippen LogP contribution in [0, 0.1) is 0 Å². The molecule has 1 rings (SSSR count). The summed E-state index contributed by atoms with van der Waals surface area (Å²) in [6.45, 7) is 12.2. The summed E-state index contributed by atoms with van der Waals surface area (Å²) in [5.41, 5.74) is 2.38. The molecule has 98 valence electrons. The highest BCUT2D eigenvalue weighted by atomic mass is 16.5. The molecule has 2 nitrogen and oxygen atoms in total. The zero-order chi connectivity index (χ0) is 13.8. The first-order valence-corrected chi connectivity index (χ1v) is 6.24. The van der Waals surface area contributed by atoms with Gasteiger partial charge in [-0.25, -0.2) is 0 Å². The third kappa shape index (κ3) is 3.73. The Morgan fingerprint density at radius 3 is 2.33 bits per heavy atom. The predicted octanol–water partition coefficient (Wildman–Crippen LogP) is 3.82. The molecule has 1 aromatic carbocycles. The van der Waals surface area contributed by atoms with Gasteiger partial charge in [-0.3, -0.25) is 4.79 Å². The van der Waals surface area contributed by atoms with E-state index >= 15 is 0 Å². The van der Waals surface area contributed by atoms with E-state index in [2.05, 4.69) is 39.5 Å². The number of benzene rings is 1. The van der Waals surface area contributed by atoms with Crippen LogP contribution >= 0.6 is 0 Å². The van der Waals surface area contributed by atoms with Crippen molar-refractivity contribution in [1.82, 2.24) is 0 Å². The minimum atomic E-state index is -0.237. The normalized spacial score (nSPS) is 12.9. The van der Waals surface area contributed by atoms with Gasteiger partial charge < -0.3 is 4.74 Å². The Bertz CT molecular complexity index is 410. The van der Waals surface area contributed by atoms with Crippen LogP contribution in [-0.2, 0) is 14.9 Å². The highest BCUT2D eigenvalue weighted by Crippen LogP contribution is 2.24. The van der Waals surface area contributed by atoms with Crippen LogP contribution in [0.3, 0.4) is 0 Å². The van der Waals surface area contributed by atoms with Gasteiger partial charge in [0.25, 0.3) is 0 Å².